The first-order chi connectivity index (χ1) is 11.5. The van der Waals surface area contributed by atoms with E-state index in [1.807, 2.05) is 0 Å². The second-order valence-corrected chi connectivity index (χ2v) is 8.27. The molecule has 2 heterocycles. The van der Waals surface area contributed by atoms with Crippen molar-refractivity contribution in [2.75, 3.05) is 0 Å². The van der Waals surface area contributed by atoms with E-state index in [9.17, 15) is 0 Å². The van der Waals surface area contributed by atoms with Crippen LogP contribution in [0.25, 0.3) is 0 Å². The molecule has 2 aliphatic rings. The van der Waals surface area contributed by atoms with Gasteiger partial charge < -0.3 is 0 Å². The second kappa shape index (κ2) is 5.75. The summed E-state index contributed by atoms with van der Waals surface area (Å²) in [5, 5.41) is 9.68. The van der Waals surface area contributed by atoms with Gasteiger partial charge in [-0.3, -0.25) is 9.36 Å². The maximum absolute atomic E-state index is 4.91. The summed E-state index contributed by atoms with van der Waals surface area (Å²) in [5.41, 5.74) is 6.95. The fourth-order valence-electron chi connectivity index (χ4n) is 4.63. The van der Waals surface area contributed by atoms with Gasteiger partial charge in [0.1, 0.15) is 0 Å². The summed E-state index contributed by atoms with van der Waals surface area (Å²) in [7, 11) is 2.08. The Morgan fingerprint density at radius 3 is 2.67 bits per heavy atom. The van der Waals surface area contributed by atoms with Gasteiger partial charge in [-0.05, 0) is 69.4 Å². The van der Waals surface area contributed by atoms with Crippen LogP contribution in [0.2, 0.25) is 0 Å². The lowest BCUT2D eigenvalue weighted by Crippen LogP contribution is -2.11. The largest absolute Gasteiger partial charge is 0.272 e. The number of nitrogens with zero attached hydrogens (tertiary/aromatic N) is 4. The summed E-state index contributed by atoms with van der Waals surface area (Å²) >= 11 is 0. The van der Waals surface area contributed by atoms with E-state index in [1.54, 1.807) is 0 Å². The molecule has 3 atom stereocenters. The van der Waals surface area contributed by atoms with Crippen LogP contribution in [-0.4, -0.2) is 19.6 Å². The van der Waals surface area contributed by atoms with Crippen LogP contribution in [0.5, 0.6) is 0 Å². The van der Waals surface area contributed by atoms with Gasteiger partial charge >= 0.3 is 0 Å². The SMILES string of the molecule is Cc1c2c(nn1C(C)CC1CC1c1cc(C(C)C)n(C)n1)CCC2. The van der Waals surface area contributed by atoms with Crippen LogP contribution in [-0.2, 0) is 19.9 Å². The highest BCUT2D eigenvalue weighted by Gasteiger charge is 2.41. The number of rotatable bonds is 5. The van der Waals surface area contributed by atoms with Crippen molar-refractivity contribution < 1.29 is 0 Å². The van der Waals surface area contributed by atoms with Crippen molar-refractivity contribution >= 4 is 0 Å². The molecule has 0 spiro atoms. The molecule has 2 aromatic rings. The molecule has 0 saturated heterocycles. The molecule has 0 aromatic carbocycles. The van der Waals surface area contributed by atoms with Gasteiger partial charge in [0.15, 0.2) is 0 Å². The van der Waals surface area contributed by atoms with E-state index in [0.717, 1.165) is 5.92 Å². The summed E-state index contributed by atoms with van der Waals surface area (Å²) in [6.07, 6.45) is 6.20. The topological polar surface area (TPSA) is 35.6 Å². The second-order valence-electron chi connectivity index (χ2n) is 8.27. The lowest BCUT2D eigenvalue weighted by atomic mass is 10.1. The predicted octanol–water partition coefficient (Wildman–Crippen LogP) is 4.29. The van der Waals surface area contributed by atoms with Gasteiger partial charge in [0.2, 0.25) is 0 Å². The molecule has 1 fully saturated rings. The predicted molar refractivity (Wildman–Crippen MR) is 96.5 cm³/mol. The van der Waals surface area contributed by atoms with Crippen molar-refractivity contribution in [3.63, 3.8) is 0 Å². The molecule has 0 amide bonds. The maximum Gasteiger partial charge on any atom is 0.0661 e. The van der Waals surface area contributed by atoms with Crippen LogP contribution in [0, 0.1) is 12.8 Å². The van der Waals surface area contributed by atoms with Gasteiger partial charge in [0, 0.05) is 30.4 Å². The Morgan fingerprint density at radius 2 is 2.00 bits per heavy atom. The summed E-state index contributed by atoms with van der Waals surface area (Å²) in [4.78, 5) is 0. The minimum atomic E-state index is 0.499. The minimum absolute atomic E-state index is 0.499. The summed E-state index contributed by atoms with van der Waals surface area (Å²) in [5.74, 6) is 1.98. The van der Waals surface area contributed by atoms with E-state index in [-0.39, 0.29) is 0 Å². The molecule has 2 aliphatic carbocycles. The molecule has 0 bridgehead atoms. The van der Waals surface area contributed by atoms with Gasteiger partial charge in [-0.15, -0.1) is 0 Å². The zero-order valence-corrected chi connectivity index (χ0v) is 15.7. The van der Waals surface area contributed by atoms with Crippen molar-refractivity contribution in [1.29, 1.82) is 0 Å². The number of hydrogen-bond acceptors (Lipinski definition) is 2. The van der Waals surface area contributed by atoms with Crippen molar-refractivity contribution in [3.8, 4) is 0 Å². The quantitative estimate of drug-likeness (QED) is 0.821. The molecule has 4 rings (SSSR count). The summed E-state index contributed by atoms with van der Waals surface area (Å²) < 4.78 is 4.37. The van der Waals surface area contributed by atoms with Crippen molar-refractivity contribution in [1.82, 2.24) is 19.6 Å². The lowest BCUT2D eigenvalue weighted by molar-refractivity contribution is 0.419. The number of hydrogen-bond donors (Lipinski definition) is 0. The molecule has 130 valence electrons. The Bertz CT molecular complexity index is 752. The van der Waals surface area contributed by atoms with Crippen LogP contribution in [0.3, 0.4) is 0 Å². The zero-order valence-electron chi connectivity index (χ0n) is 15.7. The first kappa shape index (κ1) is 15.9. The zero-order chi connectivity index (χ0) is 17.0. The van der Waals surface area contributed by atoms with E-state index in [2.05, 4.69) is 50.2 Å². The number of aryl methyl sites for hydroxylation is 2. The van der Waals surface area contributed by atoms with E-state index >= 15 is 0 Å². The molecular formula is C20H30N4. The van der Waals surface area contributed by atoms with Gasteiger partial charge in [0.05, 0.1) is 11.4 Å². The average molecular weight is 326 g/mol. The van der Waals surface area contributed by atoms with Crippen molar-refractivity contribution in [2.24, 2.45) is 13.0 Å². The molecule has 4 heteroatoms. The number of fused-ring (bicyclic) bond motifs is 1. The molecule has 0 radical (unpaired) electrons. The third-order valence-electron chi connectivity index (χ3n) is 6.09. The smallest absolute Gasteiger partial charge is 0.0661 e. The van der Waals surface area contributed by atoms with E-state index in [0.29, 0.717) is 17.9 Å². The monoisotopic (exact) mass is 326 g/mol. The van der Waals surface area contributed by atoms with Gasteiger partial charge in [-0.1, -0.05) is 13.8 Å². The van der Waals surface area contributed by atoms with E-state index in [1.165, 1.54) is 60.4 Å². The molecular weight excluding hydrogens is 296 g/mol. The Labute approximate surface area is 145 Å². The highest BCUT2D eigenvalue weighted by Crippen LogP contribution is 2.51. The first-order valence-electron chi connectivity index (χ1n) is 9.56. The molecule has 24 heavy (non-hydrogen) atoms. The highest BCUT2D eigenvalue weighted by molar-refractivity contribution is 5.30. The third-order valence-corrected chi connectivity index (χ3v) is 6.09. The standard InChI is InChI=1S/C20H30N4/c1-12(2)20-11-19(21-23(20)5)17-10-15(17)9-13(3)24-14(4)16-7-6-8-18(16)22-24/h11-13,15,17H,6-10H2,1-5H3. The minimum Gasteiger partial charge on any atom is -0.272 e. The maximum atomic E-state index is 4.91. The molecule has 4 nitrogen and oxygen atoms in total. The Kier molecular flexibility index (Phi) is 3.81. The first-order valence-corrected chi connectivity index (χ1v) is 9.56. The van der Waals surface area contributed by atoms with Crippen LogP contribution in [0.4, 0.5) is 0 Å². The van der Waals surface area contributed by atoms with E-state index < -0.39 is 0 Å². The Hall–Kier alpha value is -1.58. The van der Waals surface area contributed by atoms with Crippen LogP contribution >= 0.6 is 0 Å². The van der Waals surface area contributed by atoms with Gasteiger partial charge in [-0.2, -0.15) is 10.2 Å². The Balaban J connectivity index is 1.43. The number of aromatic nitrogens is 4. The van der Waals surface area contributed by atoms with Crippen LogP contribution < -0.4 is 0 Å². The third kappa shape index (κ3) is 2.60. The van der Waals surface area contributed by atoms with Crippen LogP contribution in [0.15, 0.2) is 6.07 Å². The normalized spacial score (nSPS) is 23.8. The van der Waals surface area contributed by atoms with Gasteiger partial charge in [0.25, 0.3) is 0 Å². The molecule has 2 aromatic heterocycles. The molecule has 0 aliphatic heterocycles. The van der Waals surface area contributed by atoms with Crippen molar-refractivity contribution in [2.45, 2.75) is 77.7 Å². The summed E-state index contributed by atoms with van der Waals surface area (Å²) in [6, 6.07) is 2.83. The Morgan fingerprint density at radius 1 is 1.21 bits per heavy atom. The van der Waals surface area contributed by atoms with Crippen molar-refractivity contribution in [3.05, 3.63) is 34.4 Å². The lowest BCUT2D eigenvalue weighted by Gasteiger charge is -2.15. The summed E-state index contributed by atoms with van der Waals surface area (Å²) in [6.45, 7) is 9.08. The van der Waals surface area contributed by atoms with Gasteiger partial charge in [-0.25, -0.2) is 0 Å². The molecule has 3 unspecified atom stereocenters. The fourth-order valence-corrected chi connectivity index (χ4v) is 4.63. The highest BCUT2D eigenvalue weighted by atomic mass is 15.3. The fraction of sp³-hybridized carbons (Fsp3) is 0.700. The average Bonchev–Trinajstić information content (AvgIpc) is 2.87. The van der Waals surface area contributed by atoms with Crippen LogP contribution in [0.1, 0.15) is 86.3 Å². The molecule has 1 saturated carbocycles. The molecule has 0 N–H and O–H groups in total. The van der Waals surface area contributed by atoms with E-state index in [4.69, 9.17) is 10.2 Å².